The van der Waals surface area contributed by atoms with Gasteiger partial charge >= 0.3 is 0 Å². The molecule has 0 saturated carbocycles. The van der Waals surface area contributed by atoms with Crippen LogP contribution in [0.5, 0.6) is 5.75 Å². The van der Waals surface area contributed by atoms with Crippen molar-refractivity contribution in [3.63, 3.8) is 0 Å². The van der Waals surface area contributed by atoms with Crippen molar-refractivity contribution in [2.24, 2.45) is 20.5 Å². The highest BCUT2D eigenvalue weighted by Gasteiger charge is 2.11. The fourth-order valence-electron chi connectivity index (χ4n) is 3.36. The molecule has 0 fully saturated rings. The van der Waals surface area contributed by atoms with E-state index >= 15 is 0 Å². The molecule has 0 radical (unpaired) electrons. The summed E-state index contributed by atoms with van der Waals surface area (Å²) in [5.74, 6) is 0.138. The Balaban J connectivity index is 1.69. The minimum Gasteiger partial charge on any atom is -0.505 e. The predicted molar refractivity (Wildman–Crippen MR) is 126 cm³/mol. The topological polar surface area (TPSA) is 81.7 Å². The van der Waals surface area contributed by atoms with Gasteiger partial charge in [-0.2, -0.15) is 10.2 Å². The van der Waals surface area contributed by atoms with Crippen molar-refractivity contribution in [2.45, 2.75) is 13.8 Å². The van der Waals surface area contributed by atoms with E-state index in [9.17, 15) is 5.11 Å². The Labute approximate surface area is 181 Å². The molecule has 4 aromatic carbocycles. The summed E-state index contributed by atoms with van der Waals surface area (Å²) in [6.07, 6.45) is 0. The van der Waals surface area contributed by atoms with E-state index in [1.165, 1.54) is 0 Å². The van der Waals surface area contributed by atoms with E-state index in [1.54, 1.807) is 0 Å². The molecule has 0 aliphatic carbocycles. The van der Waals surface area contributed by atoms with Crippen molar-refractivity contribution in [3.8, 4) is 5.75 Å². The van der Waals surface area contributed by atoms with E-state index in [0.717, 1.165) is 33.3 Å². The zero-order chi connectivity index (χ0) is 21.8. The van der Waals surface area contributed by atoms with Gasteiger partial charge in [0.15, 0.2) is 5.75 Å². The number of hydrogen-bond acceptors (Lipinski definition) is 6. The second kappa shape index (κ2) is 8.75. The molecule has 31 heavy (non-hydrogen) atoms. The molecule has 0 aliphatic heterocycles. The number of anilines is 1. The van der Waals surface area contributed by atoms with Crippen molar-refractivity contribution in [2.75, 3.05) is 12.4 Å². The number of aromatic hydroxyl groups is 1. The highest BCUT2D eigenvalue weighted by Crippen LogP contribution is 2.40. The Morgan fingerprint density at radius 1 is 0.710 bits per heavy atom. The molecule has 6 nitrogen and oxygen atoms in total. The predicted octanol–water partition coefficient (Wildman–Crippen LogP) is 8.03. The summed E-state index contributed by atoms with van der Waals surface area (Å²) in [6, 6.07) is 23.1. The number of nitrogens with one attached hydrogen (secondary N) is 1. The van der Waals surface area contributed by atoms with Crippen LogP contribution in [0.4, 0.5) is 28.4 Å². The monoisotopic (exact) mass is 409 g/mol. The fraction of sp³-hybridized carbons (Fsp3) is 0.120. The number of phenols is 1. The molecule has 4 aromatic rings. The largest absolute Gasteiger partial charge is 0.505 e. The van der Waals surface area contributed by atoms with E-state index in [-0.39, 0.29) is 5.75 Å². The molecule has 0 unspecified atom stereocenters. The number of benzene rings is 4. The Hall–Kier alpha value is -4.06. The van der Waals surface area contributed by atoms with Gasteiger partial charge < -0.3 is 10.4 Å². The lowest BCUT2D eigenvalue weighted by molar-refractivity contribution is 0.482. The summed E-state index contributed by atoms with van der Waals surface area (Å²) in [5.41, 5.74) is 5.22. The van der Waals surface area contributed by atoms with Crippen LogP contribution in [0.3, 0.4) is 0 Å². The van der Waals surface area contributed by atoms with Gasteiger partial charge in [-0.3, -0.25) is 0 Å². The van der Waals surface area contributed by atoms with Gasteiger partial charge in [-0.15, -0.1) is 10.2 Å². The third kappa shape index (κ3) is 4.28. The molecule has 6 heteroatoms. The maximum absolute atomic E-state index is 10.7. The average molecular weight is 409 g/mol. The van der Waals surface area contributed by atoms with Crippen LogP contribution in [-0.2, 0) is 0 Å². The van der Waals surface area contributed by atoms with Crippen LogP contribution >= 0.6 is 0 Å². The van der Waals surface area contributed by atoms with Crippen LogP contribution < -0.4 is 5.32 Å². The van der Waals surface area contributed by atoms with Crippen LogP contribution in [0.15, 0.2) is 93.3 Å². The summed E-state index contributed by atoms with van der Waals surface area (Å²) < 4.78 is 0. The second-order valence-corrected chi connectivity index (χ2v) is 7.25. The molecule has 0 saturated heterocycles. The number of rotatable bonds is 5. The van der Waals surface area contributed by atoms with E-state index in [2.05, 4.69) is 25.8 Å². The quantitative estimate of drug-likeness (QED) is 0.327. The minimum absolute atomic E-state index is 0.138. The number of fused-ring (bicyclic) bond motifs is 1. The van der Waals surface area contributed by atoms with E-state index in [4.69, 9.17) is 0 Å². The lowest BCUT2D eigenvalue weighted by Crippen LogP contribution is -1.89. The summed E-state index contributed by atoms with van der Waals surface area (Å²) in [7, 11) is 1.83. The van der Waals surface area contributed by atoms with Gasteiger partial charge in [0.05, 0.1) is 17.1 Å². The Morgan fingerprint density at radius 2 is 1.42 bits per heavy atom. The van der Waals surface area contributed by atoms with Crippen LogP contribution in [0.25, 0.3) is 10.8 Å². The summed E-state index contributed by atoms with van der Waals surface area (Å²) in [5, 5.41) is 33.1. The second-order valence-electron chi connectivity index (χ2n) is 7.25. The van der Waals surface area contributed by atoms with Gasteiger partial charge in [-0.05, 0) is 60.7 Å². The molecule has 2 N–H and O–H groups in total. The Kier molecular flexibility index (Phi) is 5.71. The molecule has 0 atom stereocenters. The molecule has 0 aromatic heterocycles. The average Bonchev–Trinajstić information content (AvgIpc) is 2.79. The zero-order valence-electron chi connectivity index (χ0n) is 17.7. The normalized spacial score (nSPS) is 11.6. The fourth-order valence-corrected chi connectivity index (χ4v) is 3.36. The molecule has 0 aliphatic rings. The first-order valence-corrected chi connectivity index (χ1v) is 9.99. The summed E-state index contributed by atoms with van der Waals surface area (Å²) in [4.78, 5) is 0. The summed E-state index contributed by atoms with van der Waals surface area (Å²) in [6.45, 7) is 3.86. The Bertz CT molecular complexity index is 1300. The lowest BCUT2D eigenvalue weighted by Gasteiger charge is -2.09. The number of azo groups is 2. The molecular formula is C25H23N5O. The number of phenolic OH excluding ortho intramolecular Hbond substituents is 1. The van der Waals surface area contributed by atoms with Crippen molar-refractivity contribution >= 4 is 39.2 Å². The van der Waals surface area contributed by atoms with E-state index in [0.29, 0.717) is 17.1 Å². The third-order valence-electron chi connectivity index (χ3n) is 5.06. The van der Waals surface area contributed by atoms with Crippen molar-refractivity contribution in [3.05, 3.63) is 83.9 Å². The smallest absolute Gasteiger partial charge is 0.151 e. The SMILES string of the molecule is CNc1cc(N=Nc2c(C)cc3ccccc3c2O)c(C)cc1N=Nc1ccccc1. The molecule has 0 heterocycles. The standard InChI is InChI=1S/C25H23N5O/c1-16-14-23(29-27-19-10-5-4-6-11-19)22(26-3)15-21(16)28-30-24-17(2)13-18-9-7-8-12-20(18)25(24)31/h4-15,26,31H,1-3H3. The number of nitrogens with zero attached hydrogens (tertiary/aromatic N) is 4. The lowest BCUT2D eigenvalue weighted by atomic mass is 10.0. The molecule has 4 rings (SSSR count). The van der Waals surface area contributed by atoms with Crippen LogP contribution in [0, 0.1) is 13.8 Å². The van der Waals surface area contributed by atoms with Gasteiger partial charge in [0.2, 0.25) is 0 Å². The van der Waals surface area contributed by atoms with Gasteiger partial charge in [0.1, 0.15) is 11.4 Å². The molecule has 0 amide bonds. The highest BCUT2D eigenvalue weighted by atomic mass is 16.3. The van der Waals surface area contributed by atoms with Crippen molar-refractivity contribution in [1.82, 2.24) is 0 Å². The summed E-state index contributed by atoms with van der Waals surface area (Å²) >= 11 is 0. The molecule has 0 spiro atoms. The maximum Gasteiger partial charge on any atom is 0.151 e. The van der Waals surface area contributed by atoms with Crippen LogP contribution in [-0.4, -0.2) is 12.2 Å². The highest BCUT2D eigenvalue weighted by molar-refractivity contribution is 5.93. The Morgan fingerprint density at radius 3 is 2.19 bits per heavy atom. The first-order chi connectivity index (χ1) is 15.1. The molecule has 0 bridgehead atoms. The minimum atomic E-state index is 0.138. The number of aryl methyl sites for hydroxylation is 2. The van der Waals surface area contributed by atoms with Gasteiger partial charge in [-0.1, -0.05) is 42.5 Å². The number of hydrogen-bond donors (Lipinski definition) is 2. The maximum atomic E-state index is 10.7. The van der Waals surface area contributed by atoms with Crippen LogP contribution in [0.1, 0.15) is 11.1 Å². The van der Waals surface area contributed by atoms with Crippen molar-refractivity contribution < 1.29 is 5.11 Å². The van der Waals surface area contributed by atoms with Crippen LogP contribution in [0.2, 0.25) is 0 Å². The van der Waals surface area contributed by atoms with Crippen molar-refractivity contribution in [1.29, 1.82) is 0 Å². The zero-order valence-corrected chi connectivity index (χ0v) is 17.7. The van der Waals surface area contributed by atoms with Gasteiger partial charge in [0, 0.05) is 12.4 Å². The van der Waals surface area contributed by atoms with Gasteiger partial charge in [-0.25, -0.2) is 0 Å². The first kappa shape index (κ1) is 20.2. The van der Waals surface area contributed by atoms with E-state index in [1.807, 2.05) is 93.7 Å². The first-order valence-electron chi connectivity index (χ1n) is 9.99. The van der Waals surface area contributed by atoms with E-state index < -0.39 is 0 Å². The third-order valence-corrected chi connectivity index (χ3v) is 5.06. The molecular weight excluding hydrogens is 386 g/mol. The molecule has 154 valence electrons. The van der Waals surface area contributed by atoms with Gasteiger partial charge in [0.25, 0.3) is 0 Å².